The third-order valence-electron chi connectivity index (χ3n) is 3.68. The minimum absolute atomic E-state index is 0.00620. The van der Waals surface area contributed by atoms with Crippen LogP contribution in [-0.4, -0.2) is 0 Å². The van der Waals surface area contributed by atoms with E-state index in [1.807, 2.05) is 0 Å². The number of hydrogen-bond donors (Lipinski definition) is 2. The van der Waals surface area contributed by atoms with Crippen molar-refractivity contribution in [2.24, 2.45) is 5.73 Å². The van der Waals surface area contributed by atoms with Crippen LogP contribution in [0.1, 0.15) is 29.7 Å². The van der Waals surface area contributed by atoms with Gasteiger partial charge in [-0.3, -0.25) is 0 Å². The molecule has 2 heteroatoms. The van der Waals surface area contributed by atoms with Gasteiger partial charge in [-0.25, -0.2) is 0 Å². The number of nitrogen functional groups attached to an aromatic ring is 1. The van der Waals surface area contributed by atoms with Gasteiger partial charge in [0, 0.05) is 11.3 Å². The van der Waals surface area contributed by atoms with Gasteiger partial charge < -0.3 is 11.5 Å². The zero-order valence-electron chi connectivity index (χ0n) is 10.1. The lowest BCUT2D eigenvalue weighted by molar-refractivity contribution is 0.856. The van der Waals surface area contributed by atoms with E-state index in [2.05, 4.69) is 44.2 Å². The van der Waals surface area contributed by atoms with Gasteiger partial charge in [-0.2, -0.15) is 0 Å². The Bertz CT molecular complexity index is 654. The predicted molar refractivity (Wildman–Crippen MR) is 73.7 cm³/mol. The van der Waals surface area contributed by atoms with Gasteiger partial charge in [0.15, 0.2) is 0 Å². The van der Waals surface area contributed by atoms with Gasteiger partial charge in [0.1, 0.15) is 0 Å². The smallest absolute Gasteiger partial charge is 0.0517 e. The summed E-state index contributed by atoms with van der Waals surface area (Å²) in [6.07, 6.45) is 2.13. The Morgan fingerprint density at radius 3 is 2.71 bits per heavy atom. The maximum Gasteiger partial charge on any atom is 0.0517 e. The van der Waals surface area contributed by atoms with Gasteiger partial charge in [0.2, 0.25) is 0 Å². The number of anilines is 1. The minimum atomic E-state index is -0.00620. The molecule has 0 radical (unpaired) electrons. The molecular formula is C15H16N2. The van der Waals surface area contributed by atoms with Crippen molar-refractivity contribution >= 4 is 22.5 Å². The van der Waals surface area contributed by atoms with E-state index in [-0.39, 0.29) is 6.04 Å². The van der Waals surface area contributed by atoms with E-state index in [9.17, 15) is 0 Å². The summed E-state index contributed by atoms with van der Waals surface area (Å²) in [5.74, 6) is 0. The van der Waals surface area contributed by atoms with Crippen LogP contribution >= 0.6 is 0 Å². The molecule has 17 heavy (non-hydrogen) atoms. The second kappa shape index (κ2) is 3.34. The minimum Gasteiger partial charge on any atom is -0.398 e. The highest BCUT2D eigenvalue weighted by molar-refractivity contribution is 6.01. The summed E-state index contributed by atoms with van der Waals surface area (Å²) in [6, 6.07) is 8.42. The molecule has 0 bridgehead atoms. The topological polar surface area (TPSA) is 52.0 Å². The van der Waals surface area contributed by atoms with Crippen molar-refractivity contribution in [1.82, 2.24) is 0 Å². The number of nitrogens with two attached hydrogens (primary N) is 2. The molecule has 86 valence electrons. The Balaban J connectivity index is 2.54. The molecule has 0 aliphatic heterocycles. The van der Waals surface area contributed by atoms with Crippen LogP contribution in [-0.2, 0) is 0 Å². The number of aryl methyl sites for hydroxylation is 1. The summed E-state index contributed by atoms with van der Waals surface area (Å²) in [4.78, 5) is 0. The van der Waals surface area contributed by atoms with Crippen molar-refractivity contribution in [1.29, 1.82) is 0 Å². The van der Waals surface area contributed by atoms with Crippen molar-refractivity contribution < 1.29 is 0 Å². The summed E-state index contributed by atoms with van der Waals surface area (Å²) >= 11 is 0. The van der Waals surface area contributed by atoms with Crippen LogP contribution in [0.2, 0.25) is 0 Å². The maximum absolute atomic E-state index is 6.23. The molecule has 1 aliphatic carbocycles. The lowest BCUT2D eigenvalue weighted by atomic mass is 9.84. The molecule has 0 saturated carbocycles. The molecule has 0 fully saturated rings. The Morgan fingerprint density at radius 1 is 1.18 bits per heavy atom. The number of benzene rings is 2. The fourth-order valence-corrected chi connectivity index (χ4v) is 2.65. The average Bonchev–Trinajstić information content (AvgIpc) is 2.31. The molecule has 4 N–H and O–H groups in total. The second-order valence-electron chi connectivity index (χ2n) is 4.83. The summed E-state index contributed by atoms with van der Waals surface area (Å²) in [6.45, 7) is 4.11. The van der Waals surface area contributed by atoms with Crippen LogP contribution in [0.25, 0.3) is 16.8 Å². The summed E-state index contributed by atoms with van der Waals surface area (Å²) in [7, 11) is 0. The zero-order valence-corrected chi connectivity index (χ0v) is 10.1. The van der Waals surface area contributed by atoms with E-state index in [0.717, 1.165) is 16.8 Å². The molecular weight excluding hydrogens is 208 g/mol. The van der Waals surface area contributed by atoms with Crippen molar-refractivity contribution in [3.8, 4) is 0 Å². The maximum atomic E-state index is 6.23. The van der Waals surface area contributed by atoms with Gasteiger partial charge in [0.25, 0.3) is 0 Å². The van der Waals surface area contributed by atoms with E-state index in [1.165, 1.54) is 21.9 Å². The van der Waals surface area contributed by atoms with Gasteiger partial charge >= 0.3 is 0 Å². The lowest BCUT2D eigenvalue weighted by Gasteiger charge is -2.24. The fourth-order valence-electron chi connectivity index (χ4n) is 2.65. The first-order valence-electron chi connectivity index (χ1n) is 5.85. The van der Waals surface area contributed by atoms with Gasteiger partial charge in [0.05, 0.1) is 6.04 Å². The predicted octanol–water partition coefficient (Wildman–Crippen LogP) is 3.15. The molecule has 0 heterocycles. The van der Waals surface area contributed by atoms with Gasteiger partial charge in [-0.05, 0) is 41.8 Å². The number of rotatable bonds is 0. The van der Waals surface area contributed by atoms with Gasteiger partial charge in [-0.15, -0.1) is 0 Å². The van der Waals surface area contributed by atoms with Crippen LogP contribution < -0.4 is 11.5 Å². The molecule has 2 nitrogen and oxygen atoms in total. The van der Waals surface area contributed by atoms with Crippen molar-refractivity contribution in [2.75, 3.05) is 5.73 Å². The van der Waals surface area contributed by atoms with Crippen LogP contribution in [0, 0.1) is 6.92 Å². The largest absolute Gasteiger partial charge is 0.398 e. The van der Waals surface area contributed by atoms with Crippen LogP contribution in [0.15, 0.2) is 29.8 Å². The van der Waals surface area contributed by atoms with Crippen LogP contribution in [0.4, 0.5) is 5.69 Å². The molecule has 0 aromatic heterocycles. The van der Waals surface area contributed by atoms with E-state index in [4.69, 9.17) is 11.5 Å². The highest BCUT2D eigenvalue weighted by Crippen LogP contribution is 2.39. The molecule has 1 unspecified atom stereocenters. The van der Waals surface area contributed by atoms with E-state index in [0.29, 0.717) is 0 Å². The van der Waals surface area contributed by atoms with Crippen molar-refractivity contribution in [3.05, 3.63) is 46.5 Å². The van der Waals surface area contributed by atoms with Crippen molar-refractivity contribution in [3.63, 3.8) is 0 Å². The Kier molecular flexibility index (Phi) is 2.04. The molecule has 0 saturated heterocycles. The normalized spacial score (nSPS) is 18.3. The summed E-state index contributed by atoms with van der Waals surface area (Å²) in [5, 5.41) is 2.44. The van der Waals surface area contributed by atoms with E-state index in [1.54, 1.807) is 0 Å². The Morgan fingerprint density at radius 2 is 1.94 bits per heavy atom. The molecule has 2 aromatic carbocycles. The lowest BCUT2D eigenvalue weighted by Crippen LogP contribution is -2.15. The highest BCUT2D eigenvalue weighted by Gasteiger charge is 2.20. The summed E-state index contributed by atoms with van der Waals surface area (Å²) in [5.41, 5.74) is 17.9. The molecule has 1 aliphatic rings. The Hall–Kier alpha value is -1.80. The Labute approximate surface area is 101 Å². The third kappa shape index (κ3) is 1.31. The number of hydrogen-bond acceptors (Lipinski definition) is 2. The molecule has 3 rings (SSSR count). The third-order valence-corrected chi connectivity index (χ3v) is 3.68. The molecule has 2 aromatic rings. The highest BCUT2D eigenvalue weighted by atomic mass is 14.6. The van der Waals surface area contributed by atoms with Gasteiger partial charge in [-0.1, -0.05) is 29.8 Å². The fraction of sp³-hybridized carbons (Fsp3) is 0.200. The van der Waals surface area contributed by atoms with E-state index < -0.39 is 0 Å². The molecule has 0 spiro atoms. The average molecular weight is 224 g/mol. The van der Waals surface area contributed by atoms with Crippen LogP contribution in [0.5, 0.6) is 0 Å². The first-order chi connectivity index (χ1) is 8.09. The first kappa shape index (κ1) is 10.4. The standard InChI is InChI=1S/C15H16N2/c1-8-6-10-4-3-5-11-13(10)12(15(8)17)7-9(2)14(11)16/h3-7,14H,16-17H2,1-2H3. The first-order valence-corrected chi connectivity index (χ1v) is 5.85. The zero-order chi connectivity index (χ0) is 12.2. The monoisotopic (exact) mass is 224 g/mol. The quantitative estimate of drug-likeness (QED) is 0.675. The van der Waals surface area contributed by atoms with Crippen molar-refractivity contribution in [2.45, 2.75) is 19.9 Å². The second-order valence-corrected chi connectivity index (χ2v) is 4.83. The summed E-state index contributed by atoms with van der Waals surface area (Å²) < 4.78 is 0. The van der Waals surface area contributed by atoms with Crippen LogP contribution in [0.3, 0.4) is 0 Å². The molecule has 1 atom stereocenters. The molecule has 0 amide bonds. The van der Waals surface area contributed by atoms with E-state index >= 15 is 0 Å². The SMILES string of the molecule is CC1=Cc2c(N)c(C)cc3cccc(c23)C1N.